The molecule has 0 saturated carbocycles. The predicted octanol–water partition coefficient (Wildman–Crippen LogP) is 3.18. The molecular weight excluding hydrogens is 213 g/mol. The van der Waals surface area contributed by atoms with Crippen molar-refractivity contribution in [2.75, 3.05) is 6.54 Å². The van der Waals surface area contributed by atoms with Crippen LogP contribution in [0.4, 0.5) is 0 Å². The van der Waals surface area contributed by atoms with Gasteiger partial charge in [-0.15, -0.1) is 0 Å². The topological polar surface area (TPSA) is 12.0 Å². The van der Waals surface area contributed by atoms with E-state index in [1.165, 1.54) is 34.1 Å². The fourth-order valence-electron chi connectivity index (χ4n) is 1.14. The summed E-state index contributed by atoms with van der Waals surface area (Å²) in [6.07, 6.45) is 4.13. The zero-order chi connectivity index (χ0) is 8.53. The first-order valence-corrected chi connectivity index (χ1v) is 9.64. The van der Waals surface area contributed by atoms with Crippen LogP contribution in [-0.2, 0) is 22.0 Å². The zero-order valence-electron chi connectivity index (χ0n) is 8.24. The fourth-order valence-corrected chi connectivity index (χ4v) is 4.90. The van der Waals surface area contributed by atoms with Crippen LogP contribution in [0.2, 0.25) is 8.26 Å². The minimum absolute atomic E-state index is 1.00. The molecule has 0 unspecified atom stereocenters. The first-order valence-electron chi connectivity index (χ1n) is 4.93. The fraction of sp³-hybridized carbons (Fsp3) is 1.00. The molecule has 0 aliphatic heterocycles. The number of unbranched alkanes of at least 4 members (excludes halogenated alkanes) is 2. The Labute approximate surface area is 80.0 Å². The van der Waals surface area contributed by atoms with Gasteiger partial charge >= 0.3 is 80.1 Å². The Morgan fingerprint density at radius 1 is 1.00 bits per heavy atom. The van der Waals surface area contributed by atoms with E-state index in [2.05, 4.69) is 24.0 Å². The summed E-state index contributed by atoms with van der Waals surface area (Å²) in [7, 11) is 0. The Kier molecular flexibility index (Phi) is 9.62. The van der Waals surface area contributed by atoms with Crippen molar-refractivity contribution in [1.82, 2.24) is 3.26 Å². The molecule has 0 aromatic heterocycles. The van der Waals surface area contributed by atoms with Gasteiger partial charge in [-0.05, 0) is 0 Å². The van der Waals surface area contributed by atoms with Crippen molar-refractivity contribution in [3.05, 3.63) is 0 Å². The molecule has 0 bridgehead atoms. The van der Waals surface area contributed by atoms with Crippen molar-refractivity contribution in [1.29, 1.82) is 0 Å². The van der Waals surface area contributed by atoms with E-state index in [9.17, 15) is 0 Å². The van der Waals surface area contributed by atoms with E-state index in [1.807, 2.05) is 0 Å². The average Bonchev–Trinajstić information content (AvgIpc) is 2.05. The van der Waals surface area contributed by atoms with Crippen molar-refractivity contribution in [3.63, 3.8) is 0 Å². The number of rotatable bonds is 7. The molecule has 0 spiro atoms. The summed E-state index contributed by atoms with van der Waals surface area (Å²) in [6.45, 7) is 8.24. The Morgan fingerprint density at radius 2 is 1.64 bits per heavy atom. The normalized spacial score (nSPS) is 10.1. The molecule has 0 aliphatic rings. The minimum atomic E-state index is -1.00. The molecular formula is C9H22NZr. The van der Waals surface area contributed by atoms with Gasteiger partial charge in [0.15, 0.2) is 0 Å². The average molecular weight is 236 g/mol. The van der Waals surface area contributed by atoms with E-state index in [4.69, 9.17) is 0 Å². The van der Waals surface area contributed by atoms with Crippen molar-refractivity contribution in [2.45, 2.75) is 48.3 Å². The summed E-state index contributed by atoms with van der Waals surface area (Å²) in [5.41, 5.74) is 0. The van der Waals surface area contributed by atoms with Gasteiger partial charge in [-0.2, -0.15) is 0 Å². The van der Waals surface area contributed by atoms with Gasteiger partial charge in [-0.3, -0.25) is 0 Å². The first kappa shape index (κ1) is 11.8. The Bertz CT molecular complexity index is 72.0. The van der Waals surface area contributed by atoms with E-state index in [-0.39, 0.29) is 0 Å². The predicted molar refractivity (Wildman–Crippen MR) is 48.5 cm³/mol. The third kappa shape index (κ3) is 7.21. The molecule has 0 aliphatic carbocycles. The van der Waals surface area contributed by atoms with Gasteiger partial charge in [0, 0.05) is 0 Å². The molecule has 67 valence electrons. The second-order valence-electron chi connectivity index (χ2n) is 2.94. The van der Waals surface area contributed by atoms with Gasteiger partial charge in [0.05, 0.1) is 0 Å². The number of nitrogens with one attached hydrogen (secondary N) is 1. The van der Waals surface area contributed by atoms with Crippen molar-refractivity contribution >= 4 is 0 Å². The summed E-state index contributed by atoms with van der Waals surface area (Å²) in [5, 5.41) is 0. The molecule has 0 aromatic rings. The van der Waals surface area contributed by atoms with Crippen LogP contribution in [-0.4, -0.2) is 6.54 Å². The SMILES string of the molecule is CCCCC[NH][Zr]([CH2]C)[CH2]C. The standard InChI is InChI=1S/C5H12N.2C2H5.Zr/c1-2-3-4-5-6;2*1-2;/h6H,2-5H2,1H3;2*1H2,2H3;/q-1;;;+1. The quantitative estimate of drug-likeness (QED) is 0.668. The van der Waals surface area contributed by atoms with Gasteiger partial charge in [-0.1, -0.05) is 0 Å². The Balaban J connectivity index is 3.07. The summed E-state index contributed by atoms with van der Waals surface area (Å²) >= 11 is -1.00. The second-order valence-corrected chi connectivity index (χ2v) is 10.3. The van der Waals surface area contributed by atoms with Gasteiger partial charge in [0.1, 0.15) is 0 Å². The number of hydrogen-bond acceptors (Lipinski definition) is 1. The van der Waals surface area contributed by atoms with E-state index < -0.39 is 22.0 Å². The summed E-state index contributed by atoms with van der Waals surface area (Å²) < 4.78 is 6.68. The zero-order valence-corrected chi connectivity index (χ0v) is 10.7. The molecule has 2 heteroatoms. The van der Waals surface area contributed by atoms with Gasteiger partial charge in [0.2, 0.25) is 0 Å². The van der Waals surface area contributed by atoms with Crippen LogP contribution in [0.1, 0.15) is 40.0 Å². The molecule has 1 N–H and O–H groups in total. The summed E-state index contributed by atoms with van der Waals surface area (Å²) in [6, 6.07) is 0. The van der Waals surface area contributed by atoms with Crippen LogP contribution in [0, 0.1) is 0 Å². The third-order valence-corrected chi connectivity index (χ3v) is 8.05. The van der Waals surface area contributed by atoms with Crippen LogP contribution >= 0.6 is 0 Å². The van der Waals surface area contributed by atoms with Crippen LogP contribution in [0.3, 0.4) is 0 Å². The molecule has 0 saturated heterocycles. The van der Waals surface area contributed by atoms with Crippen molar-refractivity contribution < 1.29 is 22.0 Å². The maximum atomic E-state index is 3.75. The van der Waals surface area contributed by atoms with Crippen LogP contribution in [0.15, 0.2) is 0 Å². The second kappa shape index (κ2) is 8.94. The summed E-state index contributed by atoms with van der Waals surface area (Å²) in [4.78, 5) is 0. The van der Waals surface area contributed by atoms with Crippen LogP contribution < -0.4 is 3.26 Å². The van der Waals surface area contributed by atoms with Crippen molar-refractivity contribution in [2.24, 2.45) is 0 Å². The molecule has 0 amide bonds. The Hall–Kier alpha value is 0.843. The summed E-state index contributed by atoms with van der Waals surface area (Å²) in [5.74, 6) is 0. The maximum absolute atomic E-state index is 3.75. The van der Waals surface area contributed by atoms with Crippen molar-refractivity contribution in [3.8, 4) is 0 Å². The van der Waals surface area contributed by atoms with E-state index in [0.717, 1.165) is 0 Å². The first-order chi connectivity index (χ1) is 5.35. The number of hydrogen-bond donors (Lipinski definition) is 1. The van der Waals surface area contributed by atoms with Gasteiger partial charge < -0.3 is 0 Å². The van der Waals surface area contributed by atoms with Crippen LogP contribution in [0.25, 0.3) is 0 Å². The van der Waals surface area contributed by atoms with Crippen LogP contribution in [0.5, 0.6) is 0 Å². The molecule has 0 fully saturated rings. The molecule has 11 heavy (non-hydrogen) atoms. The van der Waals surface area contributed by atoms with Gasteiger partial charge in [0.25, 0.3) is 0 Å². The molecule has 0 atom stereocenters. The molecule has 0 heterocycles. The Morgan fingerprint density at radius 3 is 2.09 bits per heavy atom. The van der Waals surface area contributed by atoms with E-state index >= 15 is 0 Å². The monoisotopic (exact) mass is 234 g/mol. The van der Waals surface area contributed by atoms with E-state index in [0.29, 0.717) is 0 Å². The van der Waals surface area contributed by atoms with E-state index in [1.54, 1.807) is 0 Å². The molecule has 0 rings (SSSR count). The molecule has 1 nitrogen and oxygen atoms in total. The van der Waals surface area contributed by atoms with Gasteiger partial charge in [-0.25, -0.2) is 0 Å². The molecule has 0 radical (unpaired) electrons. The third-order valence-electron chi connectivity index (χ3n) is 2.01. The molecule has 0 aromatic carbocycles.